The fourth-order valence-corrected chi connectivity index (χ4v) is 1.11. The number of rotatable bonds is 0. The average molecular weight is 174 g/mol. The summed E-state index contributed by atoms with van der Waals surface area (Å²) < 4.78 is 0. The molecular weight excluding hydrogens is 172 g/mol. The summed E-state index contributed by atoms with van der Waals surface area (Å²) in [6, 6.07) is -0.567. The number of carbonyl (C=O) groups is 1. The van der Waals surface area contributed by atoms with E-state index in [1.165, 1.54) is 6.33 Å². The maximum Gasteiger partial charge on any atom is 0.371 e. The van der Waals surface area contributed by atoms with Crippen molar-refractivity contribution in [1.82, 2.24) is 19.9 Å². The van der Waals surface area contributed by atoms with Gasteiger partial charge in [-0.1, -0.05) is 0 Å². The van der Waals surface area contributed by atoms with Gasteiger partial charge in [0.25, 0.3) is 0 Å². The van der Waals surface area contributed by atoms with E-state index < -0.39 is 6.03 Å². The molecule has 2 amide bonds. The normalized spacial score (nSPS) is 14.0. The van der Waals surface area contributed by atoms with Gasteiger partial charge in [0.2, 0.25) is 11.0 Å². The highest BCUT2D eigenvalue weighted by atomic mass is 16.2. The Kier molecular flexibility index (Phi) is 0.950. The Morgan fingerprint density at radius 3 is 2.77 bits per heavy atom. The summed E-state index contributed by atoms with van der Waals surface area (Å²) in [6.07, 6.45) is 1.47. The Hall–Kier alpha value is -2.18. The first-order valence-electron chi connectivity index (χ1n) is 3.51. The molecule has 62 valence electrons. The number of hydrogen-bond donors (Lipinski definition) is 1. The number of nitrogens with one attached hydrogen (secondary N) is 1. The van der Waals surface area contributed by atoms with E-state index in [0.717, 1.165) is 0 Å². The Bertz CT molecular complexity index is 574. The van der Waals surface area contributed by atoms with Gasteiger partial charge in [0.1, 0.15) is 0 Å². The van der Waals surface area contributed by atoms with Crippen molar-refractivity contribution >= 4 is 17.3 Å². The lowest BCUT2D eigenvalue weighted by Gasteiger charge is -1.82. The second kappa shape index (κ2) is 1.94. The van der Waals surface area contributed by atoms with Crippen molar-refractivity contribution in [2.45, 2.75) is 0 Å². The van der Waals surface area contributed by atoms with Gasteiger partial charge in [0.05, 0.1) is 6.33 Å². The van der Waals surface area contributed by atoms with Crippen LogP contribution in [0.4, 0.5) is 4.79 Å². The molecule has 0 saturated heterocycles. The number of imidazole rings is 1. The molecule has 0 saturated carbocycles. The molecule has 1 N–H and O–H groups in total. The predicted octanol–water partition coefficient (Wildman–Crippen LogP) is -1.27. The lowest BCUT2D eigenvalue weighted by Crippen LogP contribution is -2.28. The van der Waals surface area contributed by atoms with Crippen molar-refractivity contribution in [1.29, 1.82) is 0 Å². The second-order valence-corrected chi connectivity index (χ2v) is 2.45. The number of aromatic amines is 1. The first kappa shape index (κ1) is 6.35. The van der Waals surface area contributed by atoms with Crippen molar-refractivity contribution in [2.75, 3.05) is 0 Å². The molecule has 0 bridgehead atoms. The molecule has 0 spiro atoms. The van der Waals surface area contributed by atoms with Crippen LogP contribution in [0.2, 0.25) is 0 Å². The quantitative estimate of drug-likeness (QED) is 0.538. The number of nitrogens with zero attached hydrogens (tertiary/aromatic N) is 5. The third kappa shape index (κ3) is 0.776. The maximum absolute atomic E-state index is 10.8. The van der Waals surface area contributed by atoms with Gasteiger partial charge in [-0.05, 0) is 0 Å². The fourth-order valence-electron chi connectivity index (χ4n) is 1.11. The van der Waals surface area contributed by atoms with Crippen LogP contribution in [0.15, 0.2) is 16.3 Å². The number of amides is 2. The molecule has 2 aromatic rings. The predicted molar refractivity (Wildman–Crippen MR) is 39.4 cm³/mol. The Morgan fingerprint density at radius 2 is 1.92 bits per heavy atom. The van der Waals surface area contributed by atoms with Gasteiger partial charge in [-0.15, -0.1) is 0 Å². The smallest absolute Gasteiger partial charge is 0.328 e. The highest BCUT2D eigenvalue weighted by molar-refractivity contribution is 5.77. The molecule has 3 heterocycles. The van der Waals surface area contributed by atoms with Gasteiger partial charge in [0.15, 0.2) is 11.3 Å². The number of aromatic nitrogens is 4. The van der Waals surface area contributed by atoms with E-state index >= 15 is 0 Å². The molecule has 7 heteroatoms. The molecule has 1 aliphatic heterocycles. The molecule has 13 heavy (non-hydrogen) atoms. The number of urea groups is 1. The number of fused-ring (bicyclic) bond motifs is 2. The monoisotopic (exact) mass is 174 g/mol. The first-order chi connectivity index (χ1) is 6.33. The summed E-state index contributed by atoms with van der Waals surface area (Å²) in [5.41, 5.74) is 1.44. The average Bonchev–Trinajstić information content (AvgIpc) is 2.63. The largest absolute Gasteiger partial charge is 0.371 e. The van der Waals surface area contributed by atoms with Crippen LogP contribution in [0, 0.1) is 0 Å². The summed E-state index contributed by atoms with van der Waals surface area (Å²) in [5.74, 6) is 0. The standard InChI is InChI=1S/C6H2N6O/c13-6-11-4-5(12-6)10-3-2(9-4)7-1-8-3/h1H,(H,7,8,9,10,11,12,13). The van der Waals surface area contributed by atoms with Gasteiger partial charge in [-0.25, -0.2) is 19.7 Å². The van der Waals surface area contributed by atoms with Crippen LogP contribution in [-0.2, 0) is 0 Å². The van der Waals surface area contributed by atoms with Crippen molar-refractivity contribution in [3.8, 4) is 0 Å². The van der Waals surface area contributed by atoms with Gasteiger partial charge in [-0.2, -0.15) is 9.98 Å². The zero-order chi connectivity index (χ0) is 8.84. The zero-order valence-corrected chi connectivity index (χ0v) is 6.22. The maximum atomic E-state index is 10.8. The minimum atomic E-state index is -0.567. The highest BCUT2D eigenvalue weighted by Gasteiger charge is 2.09. The molecule has 7 nitrogen and oxygen atoms in total. The van der Waals surface area contributed by atoms with Gasteiger partial charge >= 0.3 is 6.03 Å². The fraction of sp³-hybridized carbons (Fsp3) is 0. The van der Waals surface area contributed by atoms with Gasteiger partial charge in [0, 0.05) is 0 Å². The van der Waals surface area contributed by atoms with Crippen molar-refractivity contribution in [3.63, 3.8) is 0 Å². The summed E-state index contributed by atoms with van der Waals surface area (Å²) in [6.45, 7) is 0. The Morgan fingerprint density at radius 1 is 1.15 bits per heavy atom. The summed E-state index contributed by atoms with van der Waals surface area (Å²) in [5, 5.41) is 0. The first-order valence-corrected chi connectivity index (χ1v) is 3.51. The van der Waals surface area contributed by atoms with Gasteiger partial charge < -0.3 is 4.98 Å². The third-order valence-corrected chi connectivity index (χ3v) is 1.63. The van der Waals surface area contributed by atoms with E-state index in [2.05, 4.69) is 29.9 Å². The topological polar surface area (TPSA) is 96.2 Å². The minimum absolute atomic E-state index is 0.240. The SMILES string of the molecule is O=C1N=c2nc3nc[nH]c3nc2=N1. The van der Waals surface area contributed by atoms with Gasteiger partial charge in [-0.3, -0.25) is 0 Å². The van der Waals surface area contributed by atoms with Crippen molar-refractivity contribution < 1.29 is 4.79 Å². The van der Waals surface area contributed by atoms with Crippen LogP contribution in [0.25, 0.3) is 11.3 Å². The summed E-state index contributed by atoms with van der Waals surface area (Å²) in [4.78, 5) is 32.5. The molecule has 2 aromatic heterocycles. The molecule has 0 atom stereocenters. The minimum Gasteiger partial charge on any atom is -0.328 e. The highest BCUT2D eigenvalue weighted by Crippen LogP contribution is 1.95. The lowest BCUT2D eigenvalue weighted by molar-refractivity contribution is 0.256. The Balaban J connectivity index is 2.60. The Labute approximate surface area is 70.3 Å². The van der Waals surface area contributed by atoms with Crippen LogP contribution >= 0.6 is 0 Å². The molecular formula is C6H2N6O. The zero-order valence-electron chi connectivity index (χ0n) is 6.22. The summed E-state index contributed by atoms with van der Waals surface area (Å²) in [7, 11) is 0. The van der Waals surface area contributed by atoms with Crippen LogP contribution < -0.4 is 11.0 Å². The molecule has 0 fully saturated rings. The van der Waals surface area contributed by atoms with E-state index in [4.69, 9.17) is 0 Å². The van der Waals surface area contributed by atoms with Crippen molar-refractivity contribution in [2.24, 2.45) is 9.98 Å². The van der Waals surface area contributed by atoms with Crippen LogP contribution in [-0.4, -0.2) is 26.0 Å². The lowest BCUT2D eigenvalue weighted by atomic mass is 10.6. The number of carbonyl (C=O) groups excluding carboxylic acids is 1. The van der Waals surface area contributed by atoms with E-state index in [-0.39, 0.29) is 11.0 Å². The van der Waals surface area contributed by atoms with E-state index in [9.17, 15) is 4.79 Å². The van der Waals surface area contributed by atoms with Crippen LogP contribution in [0.5, 0.6) is 0 Å². The van der Waals surface area contributed by atoms with E-state index in [1.54, 1.807) is 0 Å². The molecule has 1 aliphatic rings. The molecule has 0 radical (unpaired) electrons. The summed E-state index contributed by atoms with van der Waals surface area (Å²) >= 11 is 0. The molecule has 0 aromatic carbocycles. The van der Waals surface area contributed by atoms with Crippen LogP contribution in [0.1, 0.15) is 0 Å². The molecule has 3 rings (SSSR count). The molecule has 0 aliphatic carbocycles. The van der Waals surface area contributed by atoms with Crippen molar-refractivity contribution in [3.05, 3.63) is 17.3 Å². The van der Waals surface area contributed by atoms with E-state index in [0.29, 0.717) is 11.3 Å². The second-order valence-electron chi connectivity index (χ2n) is 2.45. The third-order valence-electron chi connectivity index (χ3n) is 1.63. The molecule has 0 unspecified atom stereocenters. The number of H-pyrrole nitrogens is 1. The van der Waals surface area contributed by atoms with Crippen LogP contribution in [0.3, 0.4) is 0 Å². The number of hydrogen-bond acceptors (Lipinski definition) is 4. The van der Waals surface area contributed by atoms with E-state index in [1.807, 2.05) is 0 Å².